The van der Waals surface area contributed by atoms with E-state index in [-0.39, 0.29) is 35.9 Å². The summed E-state index contributed by atoms with van der Waals surface area (Å²) in [6.07, 6.45) is 0.596. The van der Waals surface area contributed by atoms with E-state index in [0.717, 1.165) is 5.56 Å². The van der Waals surface area contributed by atoms with E-state index in [4.69, 9.17) is 4.74 Å². The first-order valence-corrected chi connectivity index (χ1v) is 12.4. The Hall–Kier alpha value is -3.99. The predicted octanol–water partition coefficient (Wildman–Crippen LogP) is 2.74. The molecule has 0 atom stereocenters. The molecule has 0 aliphatic carbocycles. The minimum absolute atomic E-state index is 0.0173. The number of esters is 1. The number of anilines is 1. The molecule has 4 rings (SSSR count). The largest absolute Gasteiger partial charge is 0.444 e. The van der Waals surface area contributed by atoms with Gasteiger partial charge in [-0.25, -0.2) is 8.42 Å². The summed E-state index contributed by atoms with van der Waals surface area (Å²) in [6.45, 7) is 1.87. The van der Waals surface area contributed by atoms with Gasteiger partial charge >= 0.3 is 5.97 Å². The van der Waals surface area contributed by atoms with Gasteiger partial charge in [-0.2, -0.15) is 14.8 Å². The topological polar surface area (TPSA) is 132 Å². The first-order valence-electron chi connectivity index (χ1n) is 11.0. The molecule has 1 amide bonds. The molecule has 35 heavy (non-hydrogen) atoms. The SMILES string of the molecule is Cc1ccc(S(=O)(=O)N2CCC(C(=O)OCN3C(=O)C(=C(C#N)C#N)c4ccccc43)CC2)cc1. The van der Waals surface area contributed by atoms with Crippen LogP contribution in [0.5, 0.6) is 0 Å². The third-order valence-corrected chi connectivity index (χ3v) is 8.09. The number of carbonyl (C=O) groups is 2. The molecule has 178 valence electrons. The van der Waals surface area contributed by atoms with Crippen molar-refractivity contribution in [2.45, 2.75) is 24.7 Å². The number of rotatable bonds is 5. The summed E-state index contributed by atoms with van der Waals surface area (Å²) in [5.74, 6) is -1.62. The molecular formula is C25H22N4O5S. The number of ether oxygens (including phenoxy) is 1. The molecule has 2 aromatic carbocycles. The number of nitriles is 2. The molecule has 0 bridgehead atoms. The van der Waals surface area contributed by atoms with Crippen LogP contribution < -0.4 is 4.90 Å². The van der Waals surface area contributed by atoms with Crippen LogP contribution in [0.3, 0.4) is 0 Å². The number of hydrogen-bond donors (Lipinski definition) is 0. The number of hydrogen-bond acceptors (Lipinski definition) is 7. The number of piperidine rings is 1. The fourth-order valence-electron chi connectivity index (χ4n) is 4.22. The molecule has 0 saturated carbocycles. The minimum Gasteiger partial charge on any atom is -0.444 e. The summed E-state index contributed by atoms with van der Waals surface area (Å²) in [4.78, 5) is 27.1. The fourth-order valence-corrected chi connectivity index (χ4v) is 5.69. The second kappa shape index (κ2) is 9.71. The number of amides is 1. The molecule has 2 aliphatic rings. The highest BCUT2D eigenvalue weighted by Gasteiger charge is 2.37. The molecule has 2 aromatic rings. The van der Waals surface area contributed by atoms with Crippen LogP contribution in [0.1, 0.15) is 24.0 Å². The molecule has 0 N–H and O–H groups in total. The highest BCUT2D eigenvalue weighted by molar-refractivity contribution is 7.89. The zero-order chi connectivity index (χ0) is 25.2. The minimum atomic E-state index is -3.64. The monoisotopic (exact) mass is 490 g/mol. The van der Waals surface area contributed by atoms with Gasteiger partial charge in [-0.3, -0.25) is 14.5 Å². The third kappa shape index (κ3) is 4.54. The van der Waals surface area contributed by atoms with Gasteiger partial charge < -0.3 is 4.74 Å². The van der Waals surface area contributed by atoms with E-state index in [1.165, 1.54) is 9.21 Å². The Kier molecular flexibility index (Phi) is 6.70. The molecule has 2 aliphatic heterocycles. The molecule has 0 aromatic heterocycles. The van der Waals surface area contributed by atoms with Gasteiger partial charge in [0.2, 0.25) is 10.0 Å². The lowest BCUT2D eigenvalue weighted by molar-refractivity contribution is -0.150. The van der Waals surface area contributed by atoms with E-state index in [0.29, 0.717) is 24.1 Å². The number of allylic oxidation sites excluding steroid dienone is 1. The Labute approximate surface area is 203 Å². The van der Waals surface area contributed by atoms with Crippen LogP contribution in [0.15, 0.2) is 59.0 Å². The second-order valence-electron chi connectivity index (χ2n) is 8.31. The van der Waals surface area contributed by atoms with Crippen molar-refractivity contribution < 1.29 is 22.7 Å². The summed E-state index contributed by atoms with van der Waals surface area (Å²) in [6, 6.07) is 16.8. The van der Waals surface area contributed by atoms with Crippen molar-refractivity contribution in [2.75, 3.05) is 24.7 Å². The number of nitrogens with zero attached hydrogens (tertiary/aromatic N) is 4. The van der Waals surface area contributed by atoms with Gasteiger partial charge in [0.1, 0.15) is 17.7 Å². The second-order valence-corrected chi connectivity index (χ2v) is 10.2. The van der Waals surface area contributed by atoms with Crippen molar-refractivity contribution in [2.24, 2.45) is 5.92 Å². The molecule has 10 heteroatoms. The molecule has 1 saturated heterocycles. The number of para-hydroxylation sites is 1. The van der Waals surface area contributed by atoms with Crippen molar-refractivity contribution >= 4 is 33.2 Å². The van der Waals surface area contributed by atoms with Crippen LogP contribution >= 0.6 is 0 Å². The van der Waals surface area contributed by atoms with E-state index in [1.54, 1.807) is 60.7 Å². The lowest BCUT2D eigenvalue weighted by Gasteiger charge is -2.30. The quantitative estimate of drug-likeness (QED) is 0.358. The number of carbonyl (C=O) groups excluding carboxylic acids is 2. The smallest absolute Gasteiger partial charge is 0.310 e. The third-order valence-electron chi connectivity index (χ3n) is 6.18. The lowest BCUT2D eigenvalue weighted by Crippen LogP contribution is -2.41. The van der Waals surface area contributed by atoms with Crippen molar-refractivity contribution in [3.8, 4) is 12.1 Å². The van der Waals surface area contributed by atoms with E-state index in [2.05, 4.69) is 0 Å². The Balaban J connectivity index is 1.40. The maximum Gasteiger partial charge on any atom is 0.310 e. The van der Waals surface area contributed by atoms with Gasteiger partial charge in [0.25, 0.3) is 5.91 Å². The normalized spacial score (nSPS) is 16.4. The maximum atomic E-state index is 12.9. The van der Waals surface area contributed by atoms with E-state index < -0.39 is 27.8 Å². The van der Waals surface area contributed by atoms with Crippen LogP contribution in [0, 0.1) is 35.5 Å². The number of benzene rings is 2. The highest BCUT2D eigenvalue weighted by Crippen LogP contribution is 2.38. The van der Waals surface area contributed by atoms with Crippen molar-refractivity contribution in [1.82, 2.24) is 4.31 Å². The maximum absolute atomic E-state index is 12.9. The van der Waals surface area contributed by atoms with Crippen LogP contribution in [0.25, 0.3) is 5.57 Å². The number of aryl methyl sites for hydroxylation is 1. The summed E-state index contributed by atoms with van der Waals surface area (Å²) < 4.78 is 32.5. The average Bonchev–Trinajstić information content (AvgIpc) is 3.15. The van der Waals surface area contributed by atoms with Gasteiger partial charge in [-0.1, -0.05) is 35.9 Å². The molecular weight excluding hydrogens is 468 g/mol. The summed E-state index contributed by atoms with van der Waals surface area (Å²) in [7, 11) is -3.64. The zero-order valence-electron chi connectivity index (χ0n) is 19.0. The van der Waals surface area contributed by atoms with Crippen LogP contribution in [-0.4, -0.2) is 44.4 Å². The van der Waals surface area contributed by atoms with Crippen LogP contribution in [0.2, 0.25) is 0 Å². The molecule has 0 radical (unpaired) electrons. The van der Waals surface area contributed by atoms with Crippen molar-refractivity contribution in [1.29, 1.82) is 10.5 Å². The Morgan fingerprint density at radius 2 is 1.69 bits per heavy atom. The fraction of sp³-hybridized carbons (Fsp3) is 0.280. The summed E-state index contributed by atoms with van der Waals surface area (Å²) in [5.41, 5.74) is 1.52. The van der Waals surface area contributed by atoms with Crippen molar-refractivity contribution in [3.63, 3.8) is 0 Å². The van der Waals surface area contributed by atoms with E-state index in [9.17, 15) is 28.5 Å². The van der Waals surface area contributed by atoms with Crippen molar-refractivity contribution in [3.05, 3.63) is 65.2 Å². The highest BCUT2D eigenvalue weighted by atomic mass is 32.2. The zero-order valence-corrected chi connectivity index (χ0v) is 19.8. The first-order chi connectivity index (χ1) is 16.8. The van der Waals surface area contributed by atoms with Gasteiger partial charge in [-0.05, 0) is 38.0 Å². The van der Waals surface area contributed by atoms with E-state index in [1.807, 2.05) is 6.92 Å². The molecule has 1 fully saturated rings. The van der Waals surface area contributed by atoms with E-state index >= 15 is 0 Å². The molecule has 0 unspecified atom stereocenters. The summed E-state index contributed by atoms with van der Waals surface area (Å²) in [5, 5.41) is 18.5. The van der Waals surface area contributed by atoms with Crippen LogP contribution in [0.4, 0.5) is 5.69 Å². The lowest BCUT2D eigenvalue weighted by atomic mass is 9.98. The molecule has 0 spiro atoms. The molecule has 9 nitrogen and oxygen atoms in total. The first kappa shape index (κ1) is 24.1. The Morgan fingerprint density at radius 1 is 1.06 bits per heavy atom. The van der Waals surface area contributed by atoms with Gasteiger partial charge in [-0.15, -0.1) is 0 Å². The summed E-state index contributed by atoms with van der Waals surface area (Å²) >= 11 is 0. The van der Waals surface area contributed by atoms with Crippen LogP contribution in [-0.2, 0) is 24.3 Å². The average molecular weight is 491 g/mol. The standard InChI is InChI=1S/C25H22N4O5S/c1-17-6-8-20(9-7-17)35(32,33)28-12-10-18(11-13-28)25(31)34-16-29-22-5-3-2-4-21(22)23(24(29)30)19(14-26)15-27/h2-9,18H,10-13,16H2,1H3. The number of sulfonamides is 1. The Morgan fingerprint density at radius 3 is 2.31 bits per heavy atom. The molecule has 2 heterocycles. The number of fused-ring (bicyclic) bond motifs is 1. The van der Waals surface area contributed by atoms with Gasteiger partial charge in [0.05, 0.1) is 22.1 Å². The van der Waals surface area contributed by atoms with Gasteiger partial charge in [0.15, 0.2) is 6.73 Å². The van der Waals surface area contributed by atoms with Gasteiger partial charge in [0, 0.05) is 18.7 Å². The predicted molar refractivity (Wildman–Crippen MR) is 126 cm³/mol. The Bertz CT molecular complexity index is 1380.